The summed E-state index contributed by atoms with van der Waals surface area (Å²) < 4.78 is 0. The van der Waals surface area contributed by atoms with Crippen molar-refractivity contribution in [3.05, 3.63) is 141 Å². The molecule has 2 amide bonds. The Balaban J connectivity index is 1.84. The van der Waals surface area contributed by atoms with E-state index in [2.05, 4.69) is 5.32 Å². The minimum absolute atomic E-state index is 0.130. The number of primary amides is 1. The fourth-order valence-electron chi connectivity index (χ4n) is 4.35. The van der Waals surface area contributed by atoms with Crippen molar-refractivity contribution in [2.75, 3.05) is 0 Å². The summed E-state index contributed by atoms with van der Waals surface area (Å²) in [7, 11) is 0. The largest absolute Gasteiger partial charge is 0.368 e. The van der Waals surface area contributed by atoms with Gasteiger partial charge < -0.3 is 11.1 Å². The molecule has 4 nitrogen and oxygen atoms in total. The van der Waals surface area contributed by atoms with Crippen LogP contribution in [0.3, 0.4) is 0 Å². The lowest BCUT2D eigenvalue weighted by Gasteiger charge is -2.35. The molecule has 6 heteroatoms. The standard InChI is InChI=1S/C29H24Cl2N2O2/c30-24-17-16-20(25(31)19-24)18-26(27(32)34)33-28(35)29(21-10-4-1-5-11-21,22-12-6-2-7-13-22)23-14-8-3-9-15-23/h1-17,19,26H,18H2,(H2,32,34)(H,33,35)/t26-/m1/s1. The molecule has 0 radical (unpaired) electrons. The first-order valence-corrected chi connectivity index (χ1v) is 11.9. The van der Waals surface area contributed by atoms with Crippen molar-refractivity contribution in [3.8, 4) is 0 Å². The van der Waals surface area contributed by atoms with E-state index in [0.717, 1.165) is 16.7 Å². The second-order valence-electron chi connectivity index (χ2n) is 8.22. The van der Waals surface area contributed by atoms with Gasteiger partial charge in [0.1, 0.15) is 11.5 Å². The third-order valence-corrected chi connectivity index (χ3v) is 6.64. The average Bonchev–Trinajstić information content (AvgIpc) is 2.87. The first-order chi connectivity index (χ1) is 16.9. The van der Waals surface area contributed by atoms with Crippen LogP contribution in [-0.2, 0) is 21.4 Å². The van der Waals surface area contributed by atoms with Crippen LogP contribution in [0.4, 0.5) is 0 Å². The highest BCUT2D eigenvalue weighted by molar-refractivity contribution is 6.35. The van der Waals surface area contributed by atoms with Crippen LogP contribution in [0.1, 0.15) is 22.3 Å². The number of nitrogens with one attached hydrogen (secondary N) is 1. The molecule has 0 saturated carbocycles. The number of carbonyl (C=O) groups excluding carboxylic acids is 2. The summed E-state index contributed by atoms with van der Waals surface area (Å²) in [6.07, 6.45) is 0.130. The van der Waals surface area contributed by atoms with Crippen LogP contribution < -0.4 is 11.1 Å². The van der Waals surface area contributed by atoms with Gasteiger partial charge in [0, 0.05) is 16.5 Å². The number of hydrogen-bond acceptors (Lipinski definition) is 2. The number of benzene rings is 4. The van der Waals surface area contributed by atoms with Crippen LogP contribution in [0.2, 0.25) is 10.0 Å². The summed E-state index contributed by atoms with van der Waals surface area (Å²) in [6, 6.07) is 32.5. The minimum atomic E-state index is -1.22. The van der Waals surface area contributed by atoms with Crippen LogP contribution in [-0.4, -0.2) is 17.9 Å². The highest BCUT2D eigenvalue weighted by atomic mass is 35.5. The minimum Gasteiger partial charge on any atom is -0.368 e. The number of hydrogen-bond donors (Lipinski definition) is 2. The van der Waals surface area contributed by atoms with Crippen molar-refractivity contribution in [2.24, 2.45) is 5.73 Å². The van der Waals surface area contributed by atoms with Crippen molar-refractivity contribution in [1.82, 2.24) is 5.32 Å². The molecule has 35 heavy (non-hydrogen) atoms. The molecule has 0 spiro atoms. The van der Waals surface area contributed by atoms with Gasteiger partial charge in [0.2, 0.25) is 11.8 Å². The highest BCUT2D eigenvalue weighted by Gasteiger charge is 2.44. The van der Waals surface area contributed by atoms with Crippen molar-refractivity contribution < 1.29 is 9.59 Å². The molecule has 0 aliphatic carbocycles. The Kier molecular flexibility index (Phi) is 7.54. The van der Waals surface area contributed by atoms with Gasteiger partial charge in [-0.1, -0.05) is 120 Å². The van der Waals surface area contributed by atoms with Crippen LogP contribution in [0.15, 0.2) is 109 Å². The molecule has 0 bridgehead atoms. The van der Waals surface area contributed by atoms with E-state index in [1.165, 1.54) is 0 Å². The Hall–Kier alpha value is -3.60. The lowest BCUT2D eigenvalue weighted by molar-refractivity contribution is -0.129. The molecule has 4 aromatic rings. The number of halogens is 2. The maximum absolute atomic E-state index is 14.3. The Morgan fingerprint density at radius 2 is 1.20 bits per heavy atom. The summed E-state index contributed by atoms with van der Waals surface area (Å²) >= 11 is 12.4. The zero-order valence-corrected chi connectivity index (χ0v) is 20.3. The second-order valence-corrected chi connectivity index (χ2v) is 9.06. The van der Waals surface area contributed by atoms with Crippen LogP contribution in [0.25, 0.3) is 0 Å². The van der Waals surface area contributed by atoms with Gasteiger partial charge in [-0.3, -0.25) is 9.59 Å². The lowest BCUT2D eigenvalue weighted by atomic mass is 9.68. The van der Waals surface area contributed by atoms with Gasteiger partial charge in [0.15, 0.2) is 0 Å². The van der Waals surface area contributed by atoms with E-state index in [-0.39, 0.29) is 12.3 Å². The number of carbonyl (C=O) groups is 2. The predicted octanol–water partition coefficient (Wildman–Crippen LogP) is 5.54. The predicted molar refractivity (Wildman–Crippen MR) is 140 cm³/mol. The molecule has 4 rings (SSSR count). The molecular weight excluding hydrogens is 479 g/mol. The summed E-state index contributed by atoms with van der Waals surface area (Å²) in [5.74, 6) is -1.03. The fourth-order valence-corrected chi connectivity index (χ4v) is 4.84. The topological polar surface area (TPSA) is 72.2 Å². The molecule has 0 aromatic heterocycles. The zero-order chi connectivity index (χ0) is 24.8. The summed E-state index contributed by atoms with van der Waals surface area (Å²) in [5, 5.41) is 3.82. The summed E-state index contributed by atoms with van der Waals surface area (Å²) in [6.45, 7) is 0. The van der Waals surface area contributed by atoms with Gasteiger partial charge in [0.05, 0.1) is 0 Å². The van der Waals surface area contributed by atoms with E-state index in [1.807, 2.05) is 91.0 Å². The quantitative estimate of drug-likeness (QED) is 0.310. The van der Waals surface area contributed by atoms with E-state index in [0.29, 0.717) is 15.6 Å². The van der Waals surface area contributed by atoms with E-state index in [4.69, 9.17) is 28.9 Å². The number of nitrogens with two attached hydrogens (primary N) is 1. The number of amides is 2. The smallest absolute Gasteiger partial charge is 0.240 e. The molecule has 0 unspecified atom stereocenters. The normalized spacial score (nSPS) is 12.1. The van der Waals surface area contributed by atoms with E-state index < -0.39 is 17.4 Å². The van der Waals surface area contributed by atoms with Crippen molar-refractivity contribution >= 4 is 35.0 Å². The maximum Gasteiger partial charge on any atom is 0.240 e. The van der Waals surface area contributed by atoms with Gasteiger partial charge >= 0.3 is 0 Å². The molecule has 0 heterocycles. The van der Waals surface area contributed by atoms with Crippen LogP contribution in [0.5, 0.6) is 0 Å². The van der Waals surface area contributed by atoms with Crippen LogP contribution >= 0.6 is 23.2 Å². The molecule has 4 aromatic carbocycles. The molecule has 3 N–H and O–H groups in total. The lowest BCUT2D eigenvalue weighted by Crippen LogP contribution is -2.54. The molecule has 176 valence electrons. The van der Waals surface area contributed by atoms with Gasteiger partial charge in [-0.25, -0.2) is 0 Å². The van der Waals surface area contributed by atoms with Gasteiger partial charge in [-0.05, 0) is 34.4 Å². The van der Waals surface area contributed by atoms with Crippen LogP contribution in [0, 0.1) is 0 Å². The first kappa shape index (κ1) is 24.5. The Morgan fingerprint density at radius 1 is 0.743 bits per heavy atom. The van der Waals surface area contributed by atoms with Crippen molar-refractivity contribution in [2.45, 2.75) is 17.9 Å². The summed E-state index contributed by atoms with van der Waals surface area (Å²) in [5.41, 5.74) is 7.48. The molecular formula is C29H24Cl2N2O2. The van der Waals surface area contributed by atoms with E-state index in [1.54, 1.807) is 18.2 Å². The maximum atomic E-state index is 14.3. The van der Waals surface area contributed by atoms with Gasteiger partial charge in [-0.15, -0.1) is 0 Å². The number of rotatable bonds is 8. The molecule has 0 fully saturated rings. The molecule has 0 aliphatic rings. The highest BCUT2D eigenvalue weighted by Crippen LogP contribution is 2.39. The Bertz CT molecular complexity index is 1220. The SMILES string of the molecule is NC(=O)[C@@H](Cc1ccc(Cl)cc1Cl)NC(=O)C(c1ccccc1)(c1ccccc1)c1ccccc1. The Morgan fingerprint density at radius 3 is 1.60 bits per heavy atom. The fraction of sp³-hybridized carbons (Fsp3) is 0.103. The van der Waals surface area contributed by atoms with E-state index in [9.17, 15) is 9.59 Å². The monoisotopic (exact) mass is 502 g/mol. The third-order valence-electron chi connectivity index (χ3n) is 6.05. The molecule has 1 atom stereocenters. The molecule has 0 saturated heterocycles. The summed E-state index contributed by atoms with van der Waals surface area (Å²) in [4.78, 5) is 26.8. The Labute approximate surface area is 214 Å². The second kappa shape index (κ2) is 10.8. The van der Waals surface area contributed by atoms with Gasteiger partial charge in [0.25, 0.3) is 0 Å². The van der Waals surface area contributed by atoms with Gasteiger partial charge in [-0.2, -0.15) is 0 Å². The third kappa shape index (κ3) is 5.09. The van der Waals surface area contributed by atoms with Crippen molar-refractivity contribution in [3.63, 3.8) is 0 Å². The average molecular weight is 503 g/mol. The van der Waals surface area contributed by atoms with E-state index >= 15 is 0 Å². The zero-order valence-electron chi connectivity index (χ0n) is 18.8. The molecule has 0 aliphatic heterocycles. The van der Waals surface area contributed by atoms with Crippen molar-refractivity contribution in [1.29, 1.82) is 0 Å². The first-order valence-electron chi connectivity index (χ1n) is 11.1.